The minimum atomic E-state index is -0.380. The highest BCUT2D eigenvalue weighted by Crippen LogP contribution is 2.17. The van der Waals surface area contributed by atoms with Gasteiger partial charge in [-0.3, -0.25) is 0 Å². The van der Waals surface area contributed by atoms with E-state index < -0.39 is 0 Å². The molecule has 0 spiro atoms. The van der Waals surface area contributed by atoms with Gasteiger partial charge in [0.25, 0.3) is 0 Å². The first-order chi connectivity index (χ1) is 8.17. The maximum Gasteiger partial charge on any atom is 0.343 e. The van der Waals surface area contributed by atoms with Crippen molar-refractivity contribution in [2.45, 2.75) is 19.9 Å². The predicted octanol–water partition coefficient (Wildman–Crippen LogP) is 1.91. The van der Waals surface area contributed by atoms with Crippen molar-refractivity contribution in [3.63, 3.8) is 0 Å². The molecule has 0 aliphatic rings. The van der Waals surface area contributed by atoms with E-state index in [0.29, 0.717) is 11.8 Å². The van der Waals surface area contributed by atoms with Crippen molar-refractivity contribution < 1.29 is 14.3 Å². The molecular formula is C13H19NO3. The zero-order valence-electron chi connectivity index (χ0n) is 10.5. The summed E-state index contributed by atoms with van der Waals surface area (Å²) in [6, 6.07) is 7.99. The number of carbonyl (C=O) groups excluding carboxylic acids is 1. The van der Waals surface area contributed by atoms with E-state index in [2.05, 4.69) is 23.9 Å². The normalized spacial score (nSPS) is 11.9. The molecule has 1 aromatic rings. The number of hydrogen-bond donors (Lipinski definition) is 1. The summed E-state index contributed by atoms with van der Waals surface area (Å²) in [5, 5.41) is 3.33. The second kappa shape index (κ2) is 6.91. The van der Waals surface area contributed by atoms with Crippen molar-refractivity contribution in [1.82, 2.24) is 5.32 Å². The van der Waals surface area contributed by atoms with Crippen LogP contribution in [0.3, 0.4) is 0 Å². The standard InChI is InChI=1S/C13H19NO3/c1-4-14-10(2)11-5-7-12(8-6-11)17-9-13(15)16-3/h5-8,10,14H,4,9H2,1-3H3. The van der Waals surface area contributed by atoms with Gasteiger partial charge in [-0.1, -0.05) is 19.1 Å². The Morgan fingerprint density at radius 2 is 2.00 bits per heavy atom. The molecule has 0 saturated heterocycles. The Morgan fingerprint density at radius 1 is 1.35 bits per heavy atom. The second-order valence-corrected chi connectivity index (χ2v) is 3.71. The van der Waals surface area contributed by atoms with Gasteiger partial charge >= 0.3 is 5.97 Å². The fraction of sp³-hybridized carbons (Fsp3) is 0.462. The molecular weight excluding hydrogens is 218 g/mol. The van der Waals surface area contributed by atoms with Crippen molar-refractivity contribution >= 4 is 5.97 Å². The Labute approximate surface area is 102 Å². The van der Waals surface area contributed by atoms with E-state index in [0.717, 1.165) is 6.54 Å². The molecule has 0 bridgehead atoms. The van der Waals surface area contributed by atoms with Crippen LogP contribution in [0.2, 0.25) is 0 Å². The van der Waals surface area contributed by atoms with Crippen LogP contribution >= 0.6 is 0 Å². The summed E-state index contributed by atoms with van der Waals surface area (Å²) in [5.74, 6) is 0.290. The Balaban J connectivity index is 2.52. The quantitative estimate of drug-likeness (QED) is 0.768. The third kappa shape index (κ3) is 4.44. The lowest BCUT2D eigenvalue weighted by atomic mass is 10.1. The molecule has 1 unspecified atom stereocenters. The number of esters is 1. The van der Waals surface area contributed by atoms with Gasteiger partial charge in [0.05, 0.1) is 7.11 Å². The summed E-state index contributed by atoms with van der Waals surface area (Å²) < 4.78 is 9.75. The first-order valence-corrected chi connectivity index (χ1v) is 5.70. The molecule has 1 N–H and O–H groups in total. The minimum absolute atomic E-state index is 0.0569. The Bertz CT molecular complexity index is 348. The summed E-state index contributed by atoms with van der Waals surface area (Å²) in [6.45, 7) is 5.05. The predicted molar refractivity (Wildman–Crippen MR) is 66.0 cm³/mol. The van der Waals surface area contributed by atoms with Crippen LogP contribution in [0.15, 0.2) is 24.3 Å². The molecule has 17 heavy (non-hydrogen) atoms. The zero-order valence-corrected chi connectivity index (χ0v) is 10.5. The van der Waals surface area contributed by atoms with Gasteiger partial charge < -0.3 is 14.8 Å². The van der Waals surface area contributed by atoms with Crippen molar-refractivity contribution in [1.29, 1.82) is 0 Å². The van der Waals surface area contributed by atoms with E-state index in [1.165, 1.54) is 12.7 Å². The Kier molecular flexibility index (Phi) is 5.49. The van der Waals surface area contributed by atoms with Crippen molar-refractivity contribution in [2.75, 3.05) is 20.3 Å². The highest BCUT2D eigenvalue weighted by molar-refractivity contribution is 5.70. The fourth-order valence-corrected chi connectivity index (χ4v) is 1.48. The van der Waals surface area contributed by atoms with E-state index in [1.807, 2.05) is 24.3 Å². The van der Waals surface area contributed by atoms with Gasteiger partial charge in [-0.2, -0.15) is 0 Å². The topological polar surface area (TPSA) is 47.6 Å². The first-order valence-electron chi connectivity index (χ1n) is 5.70. The van der Waals surface area contributed by atoms with E-state index in [-0.39, 0.29) is 12.6 Å². The van der Waals surface area contributed by atoms with E-state index in [1.54, 1.807) is 0 Å². The number of nitrogens with one attached hydrogen (secondary N) is 1. The van der Waals surface area contributed by atoms with Crippen LogP contribution < -0.4 is 10.1 Å². The molecule has 0 aliphatic heterocycles. The minimum Gasteiger partial charge on any atom is -0.482 e. The number of hydrogen-bond acceptors (Lipinski definition) is 4. The van der Waals surface area contributed by atoms with Gasteiger partial charge in [0.2, 0.25) is 0 Å². The molecule has 1 atom stereocenters. The number of benzene rings is 1. The maximum atomic E-state index is 10.9. The lowest BCUT2D eigenvalue weighted by Crippen LogP contribution is -2.17. The lowest BCUT2D eigenvalue weighted by molar-refractivity contribution is -0.142. The number of rotatable bonds is 6. The third-order valence-corrected chi connectivity index (χ3v) is 2.47. The molecule has 0 aliphatic carbocycles. The van der Waals surface area contributed by atoms with Crippen LogP contribution in [-0.2, 0) is 9.53 Å². The van der Waals surface area contributed by atoms with Crippen LogP contribution in [0.4, 0.5) is 0 Å². The maximum absolute atomic E-state index is 10.9. The van der Waals surface area contributed by atoms with E-state index in [9.17, 15) is 4.79 Å². The number of ether oxygens (including phenoxy) is 2. The lowest BCUT2D eigenvalue weighted by Gasteiger charge is -2.13. The molecule has 4 nitrogen and oxygen atoms in total. The van der Waals surface area contributed by atoms with Gasteiger partial charge in [-0.25, -0.2) is 4.79 Å². The highest BCUT2D eigenvalue weighted by Gasteiger charge is 2.05. The molecule has 0 fully saturated rings. The molecule has 0 radical (unpaired) electrons. The van der Waals surface area contributed by atoms with Crippen molar-refractivity contribution in [3.8, 4) is 5.75 Å². The Hall–Kier alpha value is -1.55. The number of carbonyl (C=O) groups is 1. The second-order valence-electron chi connectivity index (χ2n) is 3.71. The summed E-state index contributed by atoms with van der Waals surface area (Å²) in [6.07, 6.45) is 0. The summed E-state index contributed by atoms with van der Waals surface area (Å²) in [5.41, 5.74) is 1.19. The summed E-state index contributed by atoms with van der Waals surface area (Å²) in [7, 11) is 1.34. The molecule has 1 aromatic carbocycles. The molecule has 0 heterocycles. The molecule has 0 aromatic heterocycles. The SMILES string of the molecule is CCNC(C)c1ccc(OCC(=O)OC)cc1. The van der Waals surface area contributed by atoms with Gasteiger partial charge in [-0.05, 0) is 31.2 Å². The molecule has 4 heteroatoms. The van der Waals surface area contributed by atoms with E-state index >= 15 is 0 Å². The molecule has 1 rings (SSSR count). The largest absolute Gasteiger partial charge is 0.482 e. The van der Waals surface area contributed by atoms with Crippen molar-refractivity contribution in [3.05, 3.63) is 29.8 Å². The summed E-state index contributed by atoms with van der Waals surface area (Å²) >= 11 is 0. The van der Waals surface area contributed by atoms with Crippen LogP contribution in [0.1, 0.15) is 25.5 Å². The molecule has 94 valence electrons. The van der Waals surface area contributed by atoms with Gasteiger partial charge in [0.1, 0.15) is 5.75 Å². The Morgan fingerprint density at radius 3 is 2.53 bits per heavy atom. The van der Waals surface area contributed by atoms with Gasteiger partial charge in [0.15, 0.2) is 6.61 Å². The fourth-order valence-electron chi connectivity index (χ4n) is 1.48. The molecule has 0 saturated carbocycles. The number of methoxy groups -OCH3 is 1. The zero-order chi connectivity index (χ0) is 12.7. The highest BCUT2D eigenvalue weighted by atomic mass is 16.6. The van der Waals surface area contributed by atoms with Crippen LogP contribution in [0.5, 0.6) is 5.75 Å². The van der Waals surface area contributed by atoms with Crippen LogP contribution in [0, 0.1) is 0 Å². The van der Waals surface area contributed by atoms with Crippen LogP contribution in [-0.4, -0.2) is 26.2 Å². The molecule has 0 amide bonds. The van der Waals surface area contributed by atoms with Gasteiger partial charge in [0, 0.05) is 6.04 Å². The first kappa shape index (κ1) is 13.5. The monoisotopic (exact) mass is 237 g/mol. The third-order valence-electron chi connectivity index (χ3n) is 2.47. The average molecular weight is 237 g/mol. The summed E-state index contributed by atoms with van der Waals surface area (Å²) in [4.78, 5) is 10.9. The average Bonchev–Trinajstić information content (AvgIpc) is 2.36. The van der Waals surface area contributed by atoms with Gasteiger partial charge in [-0.15, -0.1) is 0 Å². The van der Waals surface area contributed by atoms with E-state index in [4.69, 9.17) is 4.74 Å². The van der Waals surface area contributed by atoms with Crippen molar-refractivity contribution in [2.24, 2.45) is 0 Å². The smallest absolute Gasteiger partial charge is 0.343 e. The van der Waals surface area contributed by atoms with Crippen LogP contribution in [0.25, 0.3) is 0 Å².